The number of anilines is 1. The molecule has 1 saturated heterocycles. The molecule has 17 nitrogen and oxygen atoms in total. The lowest BCUT2D eigenvalue weighted by molar-refractivity contribution is -0.132. The molecular formula is C52H82N12O5. The number of imidazole rings is 1. The number of H-pyrrole nitrogens is 1. The van der Waals surface area contributed by atoms with E-state index in [1.54, 1.807) is 22.2 Å². The fraction of sp³-hybridized carbons (Fsp3) is 0.615. The number of likely N-dealkylation sites (N-methyl/N-ethyl adjacent to an activating group) is 3. The van der Waals surface area contributed by atoms with Crippen LogP contribution < -0.4 is 21.3 Å². The molecule has 17 heteroatoms. The minimum Gasteiger partial charge on any atom is -0.373 e. The van der Waals surface area contributed by atoms with Crippen molar-refractivity contribution in [2.45, 2.75) is 118 Å². The zero-order valence-electron chi connectivity index (χ0n) is 42.4. The molecule has 5 amide bonds. The first-order valence-corrected chi connectivity index (χ1v) is 25.7. The van der Waals surface area contributed by atoms with E-state index in [9.17, 15) is 24.0 Å². The third-order valence-electron chi connectivity index (χ3n) is 13.4. The second kappa shape index (κ2) is 29.0. The predicted molar refractivity (Wildman–Crippen MR) is 272 cm³/mol. The number of carbonyl (C=O) groups is 5. The predicted octanol–water partition coefficient (Wildman–Crippen LogP) is 4.14. The van der Waals surface area contributed by atoms with Gasteiger partial charge in [0.15, 0.2) is 0 Å². The first-order chi connectivity index (χ1) is 33.5. The van der Waals surface area contributed by atoms with Crippen molar-refractivity contribution in [2.75, 3.05) is 96.9 Å². The molecule has 5 N–H and O–H groups in total. The molecule has 0 bridgehead atoms. The van der Waals surface area contributed by atoms with Gasteiger partial charge in [-0.2, -0.15) is 0 Å². The van der Waals surface area contributed by atoms with Crippen molar-refractivity contribution >= 4 is 35.2 Å². The topological polar surface area (TPSA) is 182 Å². The normalized spacial score (nSPS) is 17.9. The summed E-state index contributed by atoms with van der Waals surface area (Å²) in [7, 11) is 0. The van der Waals surface area contributed by atoms with E-state index in [4.69, 9.17) is 0 Å². The van der Waals surface area contributed by atoms with Gasteiger partial charge in [0, 0.05) is 102 Å². The van der Waals surface area contributed by atoms with Gasteiger partial charge in [0.25, 0.3) is 5.91 Å². The number of fused-ring (bicyclic) bond motifs is 1. The Labute approximate surface area is 411 Å². The number of nitrogens with zero attached hydrogens (tertiary/aromatic N) is 7. The van der Waals surface area contributed by atoms with E-state index < -0.39 is 18.1 Å². The molecule has 1 fully saturated rings. The van der Waals surface area contributed by atoms with Crippen LogP contribution >= 0.6 is 0 Å². The summed E-state index contributed by atoms with van der Waals surface area (Å²) in [6.45, 7) is 24.6. The monoisotopic (exact) mass is 955 g/mol. The van der Waals surface area contributed by atoms with E-state index in [1.807, 2.05) is 69.3 Å². The molecule has 5 rings (SSSR count). The van der Waals surface area contributed by atoms with E-state index in [-0.39, 0.29) is 36.1 Å². The van der Waals surface area contributed by atoms with Gasteiger partial charge in [0.05, 0.1) is 13.1 Å². The van der Waals surface area contributed by atoms with Gasteiger partial charge in [-0.25, -0.2) is 4.98 Å². The van der Waals surface area contributed by atoms with Gasteiger partial charge in [0.2, 0.25) is 23.6 Å². The smallest absolute Gasteiger partial charge is 0.254 e. The van der Waals surface area contributed by atoms with Gasteiger partial charge >= 0.3 is 0 Å². The highest BCUT2D eigenvalue weighted by Gasteiger charge is 2.30. The third-order valence-corrected chi connectivity index (χ3v) is 13.4. The lowest BCUT2D eigenvalue weighted by atomic mass is 10.1. The Morgan fingerprint density at radius 3 is 1.93 bits per heavy atom. The molecule has 0 radical (unpaired) electrons. The van der Waals surface area contributed by atoms with Gasteiger partial charge < -0.3 is 50.8 Å². The third kappa shape index (κ3) is 17.2. The molecule has 380 valence electrons. The van der Waals surface area contributed by atoms with Crippen LogP contribution in [-0.4, -0.2) is 179 Å². The van der Waals surface area contributed by atoms with Gasteiger partial charge in [-0.3, -0.25) is 28.9 Å². The van der Waals surface area contributed by atoms with Crippen LogP contribution in [0, 0.1) is 0 Å². The standard InChI is InChI=1S/C52H82N12O5/c1-7-17-45(58-50(67)46(18-8-2)57-48(65)39-62-33-31-60(11-5)29-27-59(10-4)28-30-61(12-6)32-34-62)49(66)55-23-16-26-63-37-42-35-41(21-22-44(42)56-43(9-3)52(63)69)51(68)64(38-47-53-24-25-54-47)36-40-19-14-13-15-20-40/h13-15,19-22,24-25,35,43,45-46,56H,7-12,16-18,23,26-34,36-39H2,1-6H3,(H,53,54)(H,55,66)(H,57,65)(H,58,67)/t43?,45-,46-/m0/s1. The Bertz CT molecular complexity index is 2020. The molecule has 1 aromatic heterocycles. The lowest BCUT2D eigenvalue weighted by Gasteiger charge is -2.33. The van der Waals surface area contributed by atoms with Crippen LogP contribution in [-0.2, 0) is 38.8 Å². The quantitative estimate of drug-likeness (QED) is 0.0863. The van der Waals surface area contributed by atoms with Crippen molar-refractivity contribution in [2.24, 2.45) is 0 Å². The Kier molecular flexibility index (Phi) is 22.9. The van der Waals surface area contributed by atoms with E-state index in [0.29, 0.717) is 82.6 Å². The molecule has 0 aliphatic carbocycles. The number of aromatic nitrogens is 2. The maximum Gasteiger partial charge on any atom is 0.254 e. The van der Waals surface area contributed by atoms with Crippen LogP contribution in [0.25, 0.3) is 0 Å². The summed E-state index contributed by atoms with van der Waals surface area (Å²) in [5.41, 5.74) is 3.15. The lowest BCUT2D eigenvalue weighted by Crippen LogP contribution is -2.55. The van der Waals surface area contributed by atoms with Gasteiger partial charge in [-0.05, 0) is 74.6 Å². The summed E-state index contributed by atoms with van der Waals surface area (Å²) in [5.74, 6) is -0.375. The van der Waals surface area contributed by atoms with Crippen LogP contribution in [0.5, 0.6) is 0 Å². The van der Waals surface area contributed by atoms with Gasteiger partial charge in [-0.1, -0.05) is 84.7 Å². The summed E-state index contributed by atoms with van der Waals surface area (Å²) in [6, 6.07) is 13.4. The minimum absolute atomic E-state index is 0.0472. The fourth-order valence-electron chi connectivity index (χ4n) is 9.09. The van der Waals surface area contributed by atoms with Crippen molar-refractivity contribution in [3.8, 4) is 0 Å². The SMILES string of the molecule is CCC[C@H](NC(=O)CN1CCN(CC)CCN(CC)CCN(CC)CC1)C(=O)N[C@@H](CCC)C(=O)NCCCN1Cc2cc(C(=O)N(Cc3ccccc3)Cc3ncc[nH]3)ccc2NC(CC)C1=O. The maximum atomic E-state index is 14.1. The second-order valence-corrected chi connectivity index (χ2v) is 18.4. The Morgan fingerprint density at radius 1 is 0.754 bits per heavy atom. The highest BCUT2D eigenvalue weighted by Crippen LogP contribution is 2.27. The first kappa shape index (κ1) is 54.6. The van der Waals surface area contributed by atoms with Crippen LogP contribution in [0.3, 0.4) is 0 Å². The summed E-state index contributed by atoms with van der Waals surface area (Å²) < 4.78 is 0. The molecule has 2 aromatic carbocycles. The summed E-state index contributed by atoms with van der Waals surface area (Å²) >= 11 is 0. The van der Waals surface area contributed by atoms with Crippen LogP contribution in [0.2, 0.25) is 0 Å². The average Bonchev–Trinajstić information content (AvgIpc) is 3.83. The van der Waals surface area contributed by atoms with Crippen molar-refractivity contribution in [3.63, 3.8) is 0 Å². The summed E-state index contributed by atoms with van der Waals surface area (Å²) in [4.78, 5) is 89.8. The zero-order valence-corrected chi connectivity index (χ0v) is 42.4. The Hall–Kier alpha value is -5.36. The molecular weight excluding hydrogens is 873 g/mol. The molecule has 2 aliphatic heterocycles. The number of amides is 5. The average molecular weight is 955 g/mol. The molecule has 3 heterocycles. The molecule has 0 spiro atoms. The van der Waals surface area contributed by atoms with Crippen molar-refractivity contribution in [1.82, 2.24) is 55.3 Å². The minimum atomic E-state index is -0.775. The fourth-order valence-corrected chi connectivity index (χ4v) is 9.09. The number of rotatable bonds is 23. The first-order valence-electron chi connectivity index (χ1n) is 25.7. The molecule has 2 aliphatic rings. The largest absolute Gasteiger partial charge is 0.373 e. The van der Waals surface area contributed by atoms with Crippen LogP contribution in [0.1, 0.15) is 107 Å². The van der Waals surface area contributed by atoms with Crippen molar-refractivity contribution < 1.29 is 24.0 Å². The van der Waals surface area contributed by atoms with Gasteiger partial charge in [-0.15, -0.1) is 0 Å². The van der Waals surface area contributed by atoms with Crippen molar-refractivity contribution in [1.29, 1.82) is 0 Å². The van der Waals surface area contributed by atoms with Gasteiger partial charge in [0.1, 0.15) is 23.9 Å². The molecule has 3 atom stereocenters. The Morgan fingerprint density at radius 2 is 1.36 bits per heavy atom. The number of carbonyl (C=O) groups excluding carboxylic acids is 5. The number of aromatic amines is 1. The maximum absolute atomic E-state index is 14.1. The second-order valence-electron chi connectivity index (χ2n) is 18.4. The van der Waals surface area contributed by atoms with E-state index in [0.717, 1.165) is 88.8 Å². The number of hydrogen-bond donors (Lipinski definition) is 5. The molecule has 3 aromatic rings. The molecule has 0 saturated carbocycles. The van der Waals surface area contributed by atoms with Crippen LogP contribution in [0.15, 0.2) is 60.9 Å². The molecule has 69 heavy (non-hydrogen) atoms. The number of hydrogen-bond acceptors (Lipinski definition) is 11. The van der Waals surface area contributed by atoms with E-state index in [1.165, 1.54) is 0 Å². The van der Waals surface area contributed by atoms with Crippen molar-refractivity contribution in [3.05, 3.63) is 83.4 Å². The molecule has 1 unspecified atom stereocenters. The zero-order chi connectivity index (χ0) is 49.5. The number of benzene rings is 2. The van der Waals surface area contributed by atoms with Crippen LogP contribution in [0.4, 0.5) is 5.69 Å². The highest BCUT2D eigenvalue weighted by atomic mass is 16.2. The van der Waals surface area contributed by atoms with E-state index >= 15 is 0 Å². The summed E-state index contributed by atoms with van der Waals surface area (Å²) in [5, 5.41) is 12.4. The van der Waals surface area contributed by atoms with E-state index in [2.05, 4.69) is 71.6 Å². The summed E-state index contributed by atoms with van der Waals surface area (Å²) in [6.07, 6.45) is 6.71. The Balaban J connectivity index is 1.16. The highest BCUT2D eigenvalue weighted by molar-refractivity contribution is 5.95. The number of nitrogens with one attached hydrogen (secondary N) is 5.